The van der Waals surface area contributed by atoms with Crippen molar-refractivity contribution in [3.05, 3.63) is 82.9 Å². The summed E-state index contributed by atoms with van der Waals surface area (Å²) in [6.07, 6.45) is 0. The van der Waals surface area contributed by atoms with Crippen LogP contribution >= 0.6 is 57.8 Å². The third-order valence-electron chi connectivity index (χ3n) is 7.17. The molecular weight excluding hydrogens is 692 g/mol. The first-order valence-electron chi connectivity index (χ1n) is 14.4. The molecule has 2 amide bonds. The quantitative estimate of drug-likeness (QED) is 0.102. The van der Waals surface area contributed by atoms with Crippen molar-refractivity contribution in [3.8, 4) is 33.2 Å². The van der Waals surface area contributed by atoms with E-state index in [4.69, 9.17) is 11.6 Å². The van der Waals surface area contributed by atoms with E-state index in [0.29, 0.717) is 16.9 Å². The van der Waals surface area contributed by atoms with Crippen LogP contribution in [-0.2, 0) is 23.2 Å². The molecule has 15 heteroatoms. The largest absolute Gasteiger partial charge is 0.325 e. The maximum Gasteiger partial charge on any atom is 0.255 e. The maximum atomic E-state index is 13.2. The van der Waals surface area contributed by atoms with Gasteiger partial charge < -0.3 is 19.4 Å². The number of halogens is 1. The van der Waals surface area contributed by atoms with Gasteiger partial charge in [0.05, 0.1) is 5.75 Å². The number of nitrogens with zero attached hydrogens (tertiary/aromatic N) is 7. The minimum Gasteiger partial charge on any atom is -0.325 e. The Kier molecular flexibility index (Phi) is 10.4. The summed E-state index contributed by atoms with van der Waals surface area (Å²) in [5.74, 6) is 1.34. The highest BCUT2D eigenvalue weighted by Crippen LogP contribution is 2.35. The zero-order chi connectivity index (χ0) is 32.9. The predicted molar refractivity (Wildman–Crippen MR) is 193 cm³/mol. The monoisotopic (exact) mass is 720 g/mol. The average Bonchev–Trinajstić information content (AvgIpc) is 3.91. The first-order valence-corrected chi connectivity index (χ1v) is 18.5. The summed E-state index contributed by atoms with van der Waals surface area (Å²) in [6, 6.07) is 21.2. The Morgan fingerprint density at radius 3 is 2.40 bits per heavy atom. The maximum absolute atomic E-state index is 13.2. The molecule has 2 aromatic carbocycles. The smallest absolute Gasteiger partial charge is 0.255 e. The molecule has 10 nitrogen and oxygen atoms in total. The van der Waals surface area contributed by atoms with E-state index < -0.39 is 4.71 Å². The van der Waals surface area contributed by atoms with Crippen molar-refractivity contribution in [3.63, 3.8) is 0 Å². The molecule has 6 rings (SSSR count). The highest BCUT2D eigenvalue weighted by molar-refractivity contribution is 8.01. The van der Waals surface area contributed by atoms with Gasteiger partial charge in [-0.25, -0.2) is 0 Å². The fraction of sp³-hybridized carbons (Fsp3) is 0.188. The Morgan fingerprint density at radius 2 is 1.68 bits per heavy atom. The number of anilines is 2. The predicted octanol–water partition coefficient (Wildman–Crippen LogP) is 7.60. The van der Waals surface area contributed by atoms with E-state index >= 15 is 0 Å². The van der Waals surface area contributed by atoms with Crippen molar-refractivity contribution >= 4 is 81.0 Å². The summed E-state index contributed by atoms with van der Waals surface area (Å²) in [4.78, 5) is 28.3. The number of hydrogen-bond acceptors (Lipinski definition) is 10. The van der Waals surface area contributed by atoms with Crippen molar-refractivity contribution in [2.24, 2.45) is 7.05 Å². The SMILES string of the molecule is CCn1c(SCC(=O)Nc2ccccc2)nnc1-c1csc(-c2ccc(N(C)C(=O)C(Cl)Sc3nnc(-c4ccsc4)n3C)cc2)c1. The summed E-state index contributed by atoms with van der Waals surface area (Å²) in [6.45, 7) is 2.70. The van der Waals surface area contributed by atoms with Crippen LogP contribution in [-0.4, -0.2) is 58.9 Å². The first-order chi connectivity index (χ1) is 22.8. The van der Waals surface area contributed by atoms with Crippen LogP contribution in [0.2, 0.25) is 0 Å². The number of thioether (sulfide) groups is 2. The van der Waals surface area contributed by atoms with Gasteiger partial charge in [-0.15, -0.1) is 31.7 Å². The number of carbonyl (C=O) groups excluding carboxylic acids is 2. The lowest BCUT2D eigenvalue weighted by Crippen LogP contribution is -2.32. The summed E-state index contributed by atoms with van der Waals surface area (Å²) in [5, 5.41) is 27.5. The normalized spacial score (nSPS) is 11.8. The molecule has 4 heterocycles. The third kappa shape index (κ3) is 7.47. The molecule has 4 aromatic heterocycles. The topological polar surface area (TPSA) is 111 Å². The lowest BCUT2D eigenvalue weighted by atomic mass is 10.1. The molecule has 0 aliphatic heterocycles. The number of aromatic nitrogens is 6. The Morgan fingerprint density at radius 1 is 0.936 bits per heavy atom. The number of hydrogen-bond donors (Lipinski definition) is 1. The summed E-state index contributed by atoms with van der Waals surface area (Å²) < 4.78 is 2.98. The molecule has 0 aliphatic carbocycles. The Balaban J connectivity index is 1.08. The van der Waals surface area contributed by atoms with Crippen molar-refractivity contribution in [1.82, 2.24) is 29.5 Å². The fourth-order valence-electron chi connectivity index (χ4n) is 4.68. The molecule has 1 atom stereocenters. The van der Waals surface area contributed by atoms with E-state index in [0.717, 1.165) is 56.4 Å². The van der Waals surface area contributed by atoms with Gasteiger partial charge in [-0.2, -0.15) is 11.3 Å². The fourth-order valence-corrected chi connectivity index (χ4v) is 8.17. The van der Waals surface area contributed by atoms with E-state index in [1.807, 2.05) is 94.5 Å². The van der Waals surface area contributed by atoms with Gasteiger partial charge in [0, 0.05) is 58.8 Å². The van der Waals surface area contributed by atoms with E-state index in [2.05, 4.69) is 37.2 Å². The Hall–Kier alpha value is -3.95. The minimum atomic E-state index is -0.880. The minimum absolute atomic E-state index is 0.101. The lowest BCUT2D eigenvalue weighted by molar-refractivity contribution is -0.116. The first kappa shape index (κ1) is 33.0. The second kappa shape index (κ2) is 14.9. The van der Waals surface area contributed by atoms with Gasteiger partial charge >= 0.3 is 0 Å². The van der Waals surface area contributed by atoms with Crippen molar-refractivity contribution < 1.29 is 9.59 Å². The molecule has 0 saturated heterocycles. The van der Waals surface area contributed by atoms with Gasteiger partial charge in [-0.1, -0.05) is 65.5 Å². The van der Waals surface area contributed by atoms with E-state index in [9.17, 15) is 9.59 Å². The number of alkyl halides is 1. The van der Waals surface area contributed by atoms with Gasteiger partial charge in [0.1, 0.15) is 0 Å². The van der Waals surface area contributed by atoms with Crippen LogP contribution < -0.4 is 10.2 Å². The summed E-state index contributed by atoms with van der Waals surface area (Å²) in [7, 11) is 3.57. The van der Waals surface area contributed by atoms with Crippen molar-refractivity contribution in [2.75, 3.05) is 23.0 Å². The van der Waals surface area contributed by atoms with Crippen LogP contribution in [0.4, 0.5) is 11.4 Å². The molecule has 47 heavy (non-hydrogen) atoms. The molecule has 1 unspecified atom stereocenters. The molecule has 6 aromatic rings. The van der Waals surface area contributed by atoms with Gasteiger partial charge in [0.2, 0.25) is 5.91 Å². The van der Waals surface area contributed by atoms with Gasteiger partial charge in [0.15, 0.2) is 26.7 Å². The Bertz CT molecular complexity index is 1970. The summed E-state index contributed by atoms with van der Waals surface area (Å²) in [5.41, 5.74) is 4.42. The number of amides is 2. The Labute approximate surface area is 293 Å². The molecule has 1 N–H and O–H groups in total. The molecule has 0 spiro atoms. The van der Waals surface area contributed by atoms with Crippen molar-refractivity contribution in [1.29, 1.82) is 0 Å². The van der Waals surface area contributed by atoms with E-state index in [1.54, 1.807) is 34.6 Å². The van der Waals surface area contributed by atoms with Gasteiger partial charge in [-0.05, 0) is 54.3 Å². The second-order valence-electron chi connectivity index (χ2n) is 10.2. The number of nitrogens with one attached hydrogen (secondary N) is 1. The van der Waals surface area contributed by atoms with E-state index in [1.165, 1.54) is 11.8 Å². The zero-order valence-corrected chi connectivity index (χ0v) is 29.6. The number of thiophene rings is 2. The molecule has 0 radical (unpaired) electrons. The molecule has 240 valence electrons. The van der Waals surface area contributed by atoms with Crippen molar-refractivity contribution in [2.45, 2.75) is 28.5 Å². The highest BCUT2D eigenvalue weighted by atomic mass is 35.5. The third-order valence-corrected chi connectivity index (χ3v) is 11.2. The number of para-hydroxylation sites is 1. The lowest BCUT2D eigenvalue weighted by Gasteiger charge is -2.20. The molecule has 0 fully saturated rings. The van der Waals surface area contributed by atoms with Crippen LogP contribution in [0.25, 0.3) is 33.2 Å². The number of benzene rings is 2. The van der Waals surface area contributed by atoms with E-state index in [-0.39, 0.29) is 17.6 Å². The van der Waals surface area contributed by atoms with Crippen LogP contribution in [0.15, 0.2) is 93.2 Å². The standard InChI is InChI=1S/C32H29ClN8O2S4/c1-4-41-29(36-38-32(41)46-19-26(42)34-23-8-6-5-7-9-23)22-16-25(45-18-22)20-10-12-24(13-11-20)39(2)30(43)27(33)47-31-37-35-28(40(31)3)21-14-15-44-17-21/h5-18,27H,4,19H2,1-3H3,(H,34,42). The van der Waals surface area contributed by atoms with Crippen LogP contribution in [0.1, 0.15) is 6.92 Å². The highest BCUT2D eigenvalue weighted by Gasteiger charge is 2.25. The van der Waals surface area contributed by atoms with Gasteiger partial charge in [0.25, 0.3) is 5.91 Å². The van der Waals surface area contributed by atoms with Crippen LogP contribution in [0, 0.1) is 0 Å². The summed E-state index contributed by atoms with van der Waals surface area (Å²) >= 11 is 12.3. The number of rotatable bonds is 12. The molecular formula is C32H29ClN8O2S4. The molecule has 0 aliphatic rings. The number of carbonyl (C=O) groups is 2. The van der Waals surface area contributed by atoms with Crippen LogP contribution in [0.3, 0.4) is 0 Å². The average molecular weight is 721 g/mol. The zero-order valence-electron chi connectivity index (χ0n) is 25.5. The second-order valence-corrected chi connectivity index (χ2v) is 14.6. The van der Waals surface area contributed by atoms with Crippen LogP contribution in [0.5, 0.6) is 0 Å². The molecule has 0 bridgehead atoms. The van der Waals surface area contributed by atoms with Gasteiger partial charge in [-0.3, -0.25) is 9.59 Å². The molecule has 0 saturated carbocycles.